The molecule has 2 aromatic rings. The summed E-state index contributed by atoms with van der Waals surface area (Å²) in [5, 5.41) is 12.2. The van der Waals surface area contributed by atoms with Crippen LogP contribution >= 0.6 is 11.3 Å². The van der Waals surface area contributed by atoms with Gasteiger partial charge in [-0.1, -0.05) is 13.8 Å². The highest BCUT2D eigenvalue weighted by atomic mass is 32.1. The van der Waals surface area contributed by atoms with Gasteiger partial charge in [0.05, 0.1) is 12.8 Å². The largest absolute Gasteiger partial charge is 0.480 e. The lowest BCUT2D eigenvalue weighted by Gasteiger charge is -2.03. The molecule has 0 atom stereocenters. The number of aromatic nitrogens is 3. The Bertz CT molecular complexity index is 536. The van der Waals surface area contributed by atoms with Crippen LogP contribution in [0.15, 0.2) is 12.1 Å². The number of thiazole rings is 1. The minimum absolute atomic E-state index is 0.402. The van der Waals surface area contributed by atoms with Gasteiger partial charge in [0, 0.05) is 17.5 Å². The summed E-state index contributed by atoms with van der Waals surface area (Å²) >= 11 is 1.66. The number of nitrogens with zero attached hydrogens (tertiary/aromatic N) is 3. The van der Waals surface area contributed by atoms with Crippen LogP contribution in [0.1, 0.15) is 30.3 Å². The van der Waals surface area contributed by atoms with E-state index in [0.717, 1.165) is 22.9 Å². The van der Waals surface area contributed by atoms with Crippen molar-refractivity contribution in [2.75, 3.05) is 14.2 Å². The van der Waals surface area contributed by atoms with Gasteiger partial charge in [-0.05, 0) is 19.0 Å². The number of ether oxygens (including phenoxy) is 1. The highest BCUT2D eigenvalue weighted by molar-refractivity contribution is 7.15. The first-order valence-electron chi connectivity index (χ1n) is 6.18. The fourth-order valence-corrected chi connectivity index (χ4v) is 2.95. The molecule has 0 aliphatic carbocycles. The predicted octanol–water partition coefficient (Wildman–Crippen LogP) is 2.45. The third-order valence-electron chi connectivity index (χ3n) is 2.68. The first-order chi connectivity index (χ1) is 9.15. The summed E-state index contributed by atoms with van der Waals surface area (Å²) in [6, 6.07) is 3.69. The van der Waals surface area contributed by atoms with Crippen molar-refractivity contribution >= 4 is 11.3 Å². The Labute approximate surface area is 117 Å². The smallest absolute Gasteiger partial charge is 0.233 e. The van der Waals surface area contributed by atoms with Crippen LogP contribution in [0.5, 0.6) is 5.88 Å². The van der Waals surface area contributed by atoms with Crippen molar-refractivity contribution in [3.05, 3.63) is 22.7 Å². The van der Waals surface area contributed by atoms with Crippen LogP contribution in [0.3, 0.4) is 0 Å². The van der Waals surface area contributed by atoms with Crippen LogP contribution in [-0.2, 0) is 6.54 Å². The van der Waals surface area contributed by atoms with E-state index in [2.05, 4.69) is 34.3 Å². The molecule has 0 saturated carbocycles. The first kappa shape index (κ1) is 13.9. The quantitative estimate of drug-likeness (QED) is 0.910. The molecule has 2 aromatic heterocycles. The summed E-state index contributed by atoms with van der Waals surface area (Å²) < 4.78 is 5.01. The molecule has 0 spiro atoms. The molecule has 0 aliphatic heterocycles. The fraction of sp³-hybridized carbons (Fsp3) is 0.462. The molecule has 0 saturated heterocycles. The SMILES string of the molecule is CNCc1sc(-c2ccc(OC)nn2)nc1C(C)C. The van der Waals surface area contributed by atoms with Crippen molar-refractivity contribution in [1.29, 1.82) is 0 Å². The maximum absolute atomic E-state index is 5.01. The van der Waals surface area contributed by atoms with Crippen LogP contribution in [0.2, 0.25) is 0 Å². The van der Waals surface area contributed by atoms with E-state index in [1.54, 1.807) is 24.5 Å². The lowest BCUT2D eigenvalue weighted by molar-refractivity contribution is 0.392. The van der Waals surface area contributed by atoms with Crippen LogP contribution in [-0.4, -0.2) is 29.3 Å². The summed E-state index contributed by atoms with van der Waals surface area (Å²) in [5.41, 5.74) is 1.92. The molecule has 1 N–H and O–H groups in total. The highest BCUT2D eigenvalue weighted by Gasteiger charge is 2.15. The van der Waals surface area contributed by atoms with Gasteiger partial charge in [0.15, 0.2) is 0 Å². The van der Waals surface area contributed by atoms with Gasteiger partial charge < -0.3 is 10.1 Å². The zero-order valence-electron chi connectivity index (χ0n) is 11.6. The normalized spacial score (nSPS) is 11.0. The van der Waals surface area contributed by atoms with E-state index in [9.17, 15) is 0 Å². The zero-order chi connectivity index (χ0) is 13.8. The van der Waals surface area contributed by atoms with Gasteiger partial charge in [-0.2, -0.15) is 0 Å². The van der Waals surface area contributed by atoms with Gasteiger partial charge >= 0.3 is 0 Å². The first-order valence-corrected chi connectivity index (χ1v) is 6.99. The summed E-state index contributed by atoms with van der Waals surface area (Å²) in [5.74, 6) is 0.916. The van der Waals surface area contributed by atoms with E-state index < -0.39 is 0 Å². The third kappa shape index (κ3) is 3.08. The van der Waals surface area contributed by atoms with Gasteiger partial charge in [-0.25, -0.2) is 4.98 Å². The Morgan fingerprint density at radius 1 is 1.32 bits per heavy atom. The third-order valence-corrected chi connectivity index (χ3v) is 3.77. The van der Waals surface area contributed by atoms with Crippen LogP contribution < -0.4 is 10.1 Å². The van der Waals surface area contributed by atoms with Crippen LogP contribution in [0.25, 0.3) is 10.7 Å². The summed E-state index contributed by atoms with van der Waals surface area (Å²) in [7, 11) is 3.52. The van der Waals surface area contributed by atoms with E-state index in [-0.39, 0.29) is 0 Å². The van der Waals surface area contributed by atoms with Gasteiger partial charge in [0.2, 0.25) is 5.88 Å². The molecular weight excluding hydrogens is 260 g/mol. The Balaban J connectivity index is 2.35. The second kappa shape index (κ2) is 6.08. The van der Waals surface area contributed by atoms with Crippen molar-refractivity contribution in [3.8, 4) is 16.6 Å². The van der Waals surface area contributed by atoms with E-state index in [0.29, 0.717) is 11.8 Å². The lowest BCUT2D eigenvalue weighted by atomic mass is 10.1. The molecular formula is C13H18N4OS. The average molecular weight is 278 g/mol. The maximum Gasteiger partial charge on any atom is 0.233 e. The van der Waals surface area contributed by atoms with E-state index in [4.69, 9.17) is 4.74 Å². The number of hydrogen-bond donors (Lipinski definition) is 1. The lowest BCUT2D eigenvalue weighted by Crippen LogP contribution is -2.06. The molecule has 5 nitrogen and oxygen atoms in total. The molecule has 0 aliphatic rings. The molecule has 0 bridgehead atoms. The molecule has 0 unspecified atom stereocenters. The minimum atomic E-state index is 0.402. The Kier molecular flexibility index (Phi) is 4.44. The highest BCUT2D eigenvalue weighted by Crippen LogP contribution is 2.30. The summed E-state index contributed by atoms with van der Waals surface area (Å²) in [6.07, 6.45) is 0. The summed E-state index contributed by atoms with van der Waals surface area (Å²) in [4.78, 5) is 5.94. The molecule has 19 heavy (non-hydrogen) atoms. The molecule has 2 rings (SSSR count). The Morgan fingerprint density at radius 3 is 2.63 bits per heavy atom. The number of nitrogens with one attached hydrogen (secondary N) is 1. The predicted molar refractivity (Wildman–Crippen MR) is 76.5 cm³/mol. The van der Waals surface area contributed by atoms with Crippen molar-refractivity contribution in [1.82, 2.24) is 20.5 Å². The van der Waals surface area contributed by atoms with E-state index >= 15 is 0 Å². The van der Waals surface area contributed by atoms with Gasteiger partial charge in [-0.15, -0.1) is 21.5 Å². The van der Waals surface area contributed by atoms with E-state index in [1.807, 2.05) is 13.1 Å². The molecule has 2 heterocycles. The monoisotopic (exact) mass is 278 g/mol. The second-order valence-electron chi connectivity index (χ2n) is 4.47. The fourth-order valence-electron chi connectivity index (χ4n) is 1.75. The average Bonchev–Trinajstić information content (AvgIpc) is 2.83. The minimum Gasteiger partial charge on any atom is -0.480 e. The number of methoxy groups -OCH3 is 1. The Morgan fingerprint density at radius 2 is 2.11 bits per heavy atom. The Hall–Kier alpha value is -1.53. The van der Waals surface area contributed by atoms with Crippen molar-refractivity contribution in [2.45, 2.75) is 26.3 Å². The molecule has 0 radical (unpaired) electrons. The van der Waals surface area contributed by atoms with Crippen molar-refractivity contribution < 1.29 is 4.74 Å². The molecule has 0 fully saturated rings. The van der Waals surface area contributed by atoms with Gasteiger partial charge in [0.1, 0.15) is 10.7 Å². The van der Waals surface area contributed by atoms with Gasteiger partial charge in [0.25, 0.3) is 0 Å². The maximum atomic E-state index is 5.01. The number of rotatable bonds is 5. The van der Waals surface area contributed by atoms with Crippen LogP contribution in [0, 0.1) is 0 Å². The number of hydrogen-bond acceptors (Lipinski definition) is 6. The second-order valence-corrected chi connectivity index (χ2v) is 5.56. The molecule has 0 aromatic carbocycles. The summed E-state index contributed by atoms with van der Waals surface area (Å²) in [6.45, 7) is 5.13. The van der Waals surface area contributed by atoms with Gasteiger partial charge in [-0.3, -0.25) is 0 Å². The zero-order valence-corrected chi connectivity index (χ0v) is 12.4. The van der Waals surface area contributed by atoms with Crippen LogP contribution in [0.4, 0.5) is 0 Å². The molecule has 102 valence electrons. The molecule has 0 amide bonds. The molecule has 6 heteroatoms. The van der Waals surface area contributed by atoms with Crippen molar-refractivity contribution in [3.63, 3.8) is 0 Å². The standard InChI is InChI=1S/C13H18N4OS/c1-8(2)12-10(7-14-3)19-13(15-12)9-5-6-11(18-4)17-16-9/h5-6,8,14H,7H2,1-4H3. The van der Waals surface area contributed by atoms with E-state index in [1.165, 1.54) is 4.88 Å². The van der Waals surface area contributed by atoms with Crippen molar-refractivity contribution in [2.24, 2.45) is 0 Å². The topological polar surface area (TPSA) is 59.9 Å².